The molecule has 0 N–H and O–H groups in total. The van der Waals surface area contributed by atoms with Crippen molar-refractivity contribution in [3.63, 3.8) is 0 Å². The molecular weight excluding hydrogens is 407 g/mol. The van der Waals surface area contributed by atoms with Crippen LogP contribution in [-0.2, 0) is 47.4 Å². The third-order valence-corrected chi connectivity index (χ3v) is 4.73. The molecular formula is C24H30Cl2Ti. The molecule has 0 bridgehead atoms. The molecule has 0 unspecified atom stereocenters. The molecule has 3 rings (SSSR count). The van der Waals surface area contributed by atoms with E-state index in [2.05, 4.69) is 58.0 Å². The van der Waals surface area contributed by atoms with E-state index in [-0.39, 0.29) is 46.5 Å². The minimum Gasteiger partial charge on any atom is -1.00 e. The summed E-state index contributed by atoms with van der Waals surface area (Å²) in [6, 6.07) is 20.9. The maximum Gasteiger partial charge on any atom is 4.00 e. The second-order valence-electron chi connectivity index (χ2n) is 6.03. The Morgan fingerprint density at radius 1 is 0.741 bits per heavy atom. The molecule has 0 saturated carbocycles. The van der Waals surface area contributed by atoms with Gasteiger partial charge in [-0.25, -0.2) is 12.1 Å². The normalized spacial score (nSPS) is 9.19. The molecule has 0 atom stereocenters. The van der Waals surface area contributed by atoms with Crippen LogP contribution in [-0.4, -0.2) is 0 Å². The molecule has 3 aromatic rings. The van der Waals surface area contributed by atoms with Crippen LogP contribution in [0.3, 0.4) is 0 Å². The Hall–Kier alpha value is -0.786. The molecule has 0 aliphatic carbocycles. The summed E-state index contributed by atoms with van der Waals surface area (Å²) in [6.45, 7) is 9.17. The van der Waals surface area contributed by atoms with Crippen LogP contribution in [0.1, 0.15) is 49.9 Å². The molecule has 0 nitrogen and oxygen atoms in total. The van der Waals surface area contributed by atoms with Gasteiger partial charge < -0.3 is 24.8 Å². The van der Waals surface area contributed by atoms with Crippen LogP contribution >= 0.6 is 0 Å². The first kappa shape index (κ1) is 28.4. The van der Waals surface area contributed by atoms with Crippen LogP contribution in [0.15, 0.2) is 60.7 Å². The van der Waals surface area contributed by atoms with Crippen LogP contribution in [0.25, 0.3) is 11.1 Å². The Labute approximate surface area is 193 Å². The standard InChI is InChI=1S/C19H25.C5H5.2ClH.Ti/c1-5-15-16(6-2)18(8-4)19(17(15)7-3)14-12-10-9-11-13-14;1-2-4-5-3-1;;;/h9-13H,5-8H2,1-4H3;1-5H;2*1H;/q2*-1;;;+4/p-2. The molecule has 27 heavy (non-hydrogen) atoms. The van der Waals surface area contributed by atoms with Gasteiger partial charge in [0.1, 0.15) is 0 Å². The van der Waals surface area contributed by atoms with Crippen molar-refractivity contribution in [3.8, 4) is 11.1 Å². The van der Waals surface area contributed by atoms with Crippen LogP contribution in [0.2, 0.25) is 0 Å². The molecule has 0 spiro atoms. The molecule has 0 heterocycles. The average Bonchev–Trinajstić information content (AvgIpc) is 3.30. The maximum absolute atomic E-state index is 2.29. The fraction of sp³-hybridized carbons (Fsp3) is 0.333. The Kier molecular flexibility index (Phi) is 16.0. The summed E-state index contributed by atoms with van der Waals surface area (Å²) < 4.78 is 0. The molecule has 0 aliphatic rings. The predicted octanol–water partition coefficient (Wildman–Crippen LogP) is 0.733. The van der Waals surface area contributed by atoms with Crippen LogP contribution in [0.4, 0.5) is 0 Å². The topological polar surface area (TPSA) is 0 Å². The van der Waals surface area contributed by atoms with Gasteiger partial charge in [-0.3, -0.25) is 0 Å². The van der Waals surface area contributed by atoms with E-state index in [4.69, 9.17) is 0 Å². The third kappa shape index (κ3) is 6.95. The van der Waals surface area contributed by atoms with Crippen LogP contribution < -0.4 is 24.8 Å². The fourth-order valence-corrected chi connectivity index (χ4v) is 3.76. The summed E-state index contributed by atoms with van der Waals surface area (Å²) in [6.07, 6.45) is 4.60. The quantitative estimate of drug-likeness (QED) is 0.408. The van der Waals surface area contributed by atoms with E-state index in [9.17, 15) is 0 Å². The predicted molar refractivity (Wildman–Crippen MR) is 107 cm³/mol. The van der Waals surface area contributed by atoms with Crippen LogP contribution in [0.5, 0.6) is 0 Å². The fourth-order valence-electron chi connectivity index (χ4n) is 3.76. The molecule has 0 radical (unpaired) electrons. The van der Waals surface area contributed by atoms with Crippen molar-refractivity contribution >= 4 is 0 Å². The summed E-state index contributed by atoms with van der Waals surface area (Å²) in [7, 11) is 0. The Morgan fingerprint density at radius 3 is 1.67 bits per heavy atom. The zero-order valence-corrected chi connectivity index (χ0v) is 19.9. The van der Waals surface area contributed by atoms with E-state index < -0.39 is 0 Å². The van der Waals surface area contributed by atoms with Crippen molar-refractivity contribution in [2.24, 2.45) is 0 Å². The van der Waals surface area contributed by atoms with Crippen molar-refractivity contribution in [1.82, 2.24) is 0 Å². The van der Waals surface area contributed by atoms with Crippen molar-refractivity contribution in [3.05, 3.63) is 82.9 Å². The molecule has 3 aromatic carbocycles. The summed E-state index contributed by atoms with van der Waals surface area (Å²) in [5.41, 5.74) is 9.32. The zero-order valence-electron chi connectivity index (χ0n) is 16.9. The minimum absolute atomic E-state index is 0. The first-order chi connectivity index (χ1) is 11.8. The zero-order chi connectivity index (χ0) is 17.4. The van der Waals surface area contributed by atoms with Crippen molar-refractivity contribution < 1.29 is 46.5 Å². The van der Waals surface area contributed by atoms with Gasteiger partial charge in [-0.15, -0.1) is 16.7 Å². The van der Waals surface area contributed by atoms with Gasteiger partial charge in [-0.1, -0.05) is 82.9 Å². The number of halogens is 2. The molecule has 0 aromatic heterocycles. The number of hydrogen-bond donors (Lipinski definition) is 0. The van der Waals surface area contributed by atoms with Crippen molar-refractivity contribution in [1.29, 1.82) is 0 Å². The Bertz CT molecular complexity index is 666. The van der Waals surface area contributed by atoms with E-state index in [1.54, 1.807) is 22.3 Å². The van der Waals surface area contributed by atoms with Gasteiger partial charge >= 0.3 is 21.7 Å². The van der Waals surface area contributed by atoms with Gasteiger partial charge in [0, 0.05) is 0 Å². The summed E-state index contributed by atoms with van der Waals surface area (Å²) in [4.78, 5) is 0. The smallest absolute Gasteiger partial charge is 1.00 e. The molecule has 0 aliphatic heterocycles. The summed E-state index contributed by atoms with van der Waals surface area (Å²) in [5.74, 6) is 0. The summed E-state index contributed by atoms with van der Waals surface area (Å²) >= 11 is 0. The number of benzene rings is 1. The minimum atomic E-state index is 0. The van der Waals surface area contributed by atoms with E-state index >= 15 is 0 Å². The molecule has 0 fully saturated rings. The van der Waals surface area contributed by atoms with E-state index in [1.807, 2.05) is 30.3 Å². The molecule has 3 heteroatoms. The second-order valence-corrected chi connectivity index (χ2v) is 6.03. The van der Waals surface area contributed by atoms with Gasteiger partial charge in [0.25, 0.3) is 0 Å². The summed E-state index contributed by atoms with van der Waals surface area (Å²) in [5, 5.41) is 0. The van der Waals surface area contributed by atoms with Crippen molar-refractivity contribution in [2.45, 2.75) is 53.4 Å². The van der Waals surface area contributed by atoms with E-state index in [0.717, 1.165) is 25.7 Å². The second kappa shape index (κ2) is 15.2. The number of rotatable bonds is 5. The van der Waals surface area contributed by atoms with Crippen LogP contribution in [0, 0.1) is 0 Å². The monoisotopic (exact) mass is 436 g/mol. The maximum atomic E-state index is 2.29. The largest absolute Gasteiger partial charge is 4.00 e. The molecule has 0 amide bonds. The average molecular weight is 437 g/mol. The van der Waals surface area contributed by atoms with Gasteiger partial charge in [-0.05, 0) is 6.42 Å². The molecule has 144 valence electrons. The number of hydrogen-bond acceptors (Lipinski definition) is 0. The van der Waals surface area contributed by atoms with Gasteiger partial charge in [0.2, 0.25) is 0 Å². The SMILES string of the molecule is CCc1c(CC)c(-c2ccccc2)[c-](CC)c1CC.[Cl-].[Cl-].[Ti+4].c1cc[cH-]c1. The molecule has 0 saturated heterocycles. The van der Waals surface area contributed by atoms with Gasteiger partial charge in [-0.2, -0.15) is 29.3 Å². The van der Waals surface area contributed by atoms with Crippen molar-refractivity contribution in [2.75, 3.05) is 0 Å². The van der Waals surface area contributed by atoms with E-state index in [1.165, 1.54) is 11.1 Å². The Balaban J connectivity index is 0. The van der Waals surface area contributed by atoms with Gasteiger partial charge in [0.05, 0.1) is 0 Å². The van der Waals surface area contributed by atoms with E-state index in [0.29, 0.717) is 0 Å². The first-order valence-electron chi connectivity index (χ1n) is 9.32. The Morgan fingerprint density at radius 2 is 1.30 bits per heavy atom. The third-order valence-electron chi connectivity index (χ3n) is 4.73. The first-order valence-corrected chi connectivity index (χ1v) is 9.32. The van der Waals surface area contributed by atoms with Gasteiger partial charge in [0.15, 0.2) is 0 Å².